The highest BCUT2D eigenvalue weighted by Crippen LogP contribution is 2.30. The lowest BCUT2D eigenvalue weighted by molar-refractivity contribution is -0.146. The molecule has 0 aromatic heterocycles. The standard InChI is InChI=1S/C33H47N3O6/c1-22(2)18-19-24(4)36(29(26-17-13-12-14-23(26)3)30(38)34-21-28(37)41-8)31(39)27(20-25-15-10-9-11-16-25)35-32(40)42-33(5,6)7/h9-17,22,24,27,29H,18-21H2,1-8H3,(H,34,38)(H,35,40). The molecule has 9 heteroatoms. The van der Waals surface area contributed by atoms with Crippen LogP contribution in [0.1, 0.15) is 77.1 Å². The van der Waals surface area contributed by atoms with Crippen molar-refractivity contribution >= 4 is 23.9 Å². The topological polar surface area (TPSA) is 114 Å². The first-order valence-corrected chi connectivity index (χ1v) is 14.5. The van der Waals surface area contributed by atoms with Crippen LogP contribution in [0.15, 0.2) is 54.6 Å². The van der Waals surface area contributed by atoms with E-state index in [9.17, 15) is 19.2 Å². The van der Waals surface area contributed by atoms with Crippen LogP contribution >= 0.6 is 0 Å². The van der Waals surface area contributed by atoms with E-state index in [1.807, 2.05) is 62.4 Å². The van der Waals surface area contributed by atoms with Crippen molar-refractivity contribution in [3.8, 4) is 0 Å². The molecule has 3 amide bonds. The average molecular weight is 582 g/mol. The zero-order chi connectivity index (χ0) is 31.4. The Morgan fingerprint density at radius 3 is 2.10 bits per heavy atom. The smallest absolute Gasteiger partial charge is 0.408 e. The third-order valence-corrected chi connectivity index (χ3v) is 6.81. The number of carbonyl (C=O) groups excluding carboxylic acids is 4. The van der Waals surface area contributed by atoms with Gasteiger partial charge in [0.25, 0.3) is 0 Å². The Hall–Kier alpha value is -3.88. The molecule has 0 aliphatic heterocycles. The maximum atomic E-state index is 14.6. The van der Waals surface area contributed by atoms with Crippen LogP contribution < -0.4 is 10.6 Å². The number of carbonyl (C=O) groups is 4. The number of esters is 1. The van der Waals surface area contributed by atoms with E-state index in [-0.39, 0.29) is 19.0 Å². The third kappa shape index (κ3) is 10.8. The highest BCUT2D eigenvalue weighted by Gasteiger charge is 2.39. The molecule has 0 aliphatic rings. The summed E-state index contributed by atoms with van der Waals surface area (Å²) in [6, 6.07) is 14.2. The number of nitrogens with one attached hydrogen (secondary N) is 2. The maximum absolute atomic E-state index is 14.6. The second-order valence-electron chi connectivity index (χ2n) is 12.0. The van der Waals surface area contributed by atoms with E-state index >= 15 is 0 Å². The van der Waals surface area contributed by atoms with Gasteiger partial charge in [0.1, 0.15) is 24.2 Å². The van der Waals surface area contributed by atoms with Gasteiger partial charge in [0, 0.05) is 12.5 Å². The van der Waals surface area contributed by atoms with Crippen molar-refractivity contribution in [3.63, 3.8) is 0 Å². The number of hydrogen-bond acceptors (Lipinski definition) is 6. The molecule has 0 radical (unpaired) electrons. The number of nitrogens with zero attached hydrogens (tertiary/aromatic N) is 1. The van der Waals surface area contributed by atoms with E-state index in [4.69, 9.17) is 9.47 Å². The van der Waals surface area contributed by atoms with E-state index in [2.05, 4.69) is 24.5 Å². The first-order chi connectivity index (χ1) is 19.7. The van der Waals surface area contributed by atoms with Gasteiger partial charge in [-0.2, -0.15) is 0 Å². The molecule has 0 spiro atoms. The van der Waals surface area contributed by atoms with Crippen LogP contribution in [-0.2, 0) is 30.3 Å². The van der Waals surface area contributed by atoms with Crippen molar-refractivity contribution in [2.75, 3.05) is 13.7 Å². The van der Waals surface area contributed by atoms with Gasteiger partial charge in [-0.25, -0.2) is 4.79 Å². The van der Waals surface area contributed by atoms with Gasteiger partial charge in [0.2, 0.25) is 11.8 Å². The highest BCUT2D eigenvalue weighted by molar-refractivity contribution is 5.93. The summed E-state index contributed by atoms with van der Waals surface area (Å²) in [7, 11) is 1.24. The summed E-state index contributed by atoms with van der Waals surface area (Å²) in [5.41, 5.74) is 1.50. The zero-order valence-corrected chi connectivity index (χ0v) is 26.2. The predicted octanol–water partition coefficient (Wildman–Crippen LogP) is 5.11. The van der Waals surface area contributed by atoms with Crippen LogP contribution in [0.2, 0.25) is 0 Å². The molecule has 0 saturated heterocycles. The van der Waals surface area contributed by atoms with Crippen molar-refractivity contribution in [2.24, 2.45) is 5.92 Å². The molecule has 0 fully saturated rings. The van der Waals surface area contributed by atoms with Crippen molar-refractivity contribution in [1.82, 2.24) is 15.5 Å². The van der Waals surface area contributed by atoms with Crippen LogP contribution in [0.3, 0.4) is 0 Å². The maximum Gasteiger partial charge on any atom is 0.408 e. The molecule has 2 N–H and O–H groups in total. The Morgan fingerprint density at radius 2 is 1.52 bits per heavy atom. The first-order valence-electron chi connectivity index (χ1n) is 14.5. The fourth-order valence-electron chi connectivity index (χ4n) is 4.63. The molecule has 2 aromatic carbocycles. The molecule has 2 aromatic rings. The minimum atomic E-state index is -1.07. The van der Waals surface area contributed by atoms with E-state index in [0.717, 1.165) is 17.5 Å². The van der Waals surface area contributed by atoms with E-state index in [1.54, 1.807) is 31.7 Å². The van der Waals surface area contributed by atoms with Gasteiger partial charge in [-0.15, -0.1) is 0 Å². The molecular formula is C33H47N3O6. The lowest BCUT2D eigenvalue weighted by atomic mass is 9.94. The molecule has 3 unspecified atom stereocenters. The average Bonchev–Trinajstić information content (AvgIpc) is 2.92. The molecule has 0 heterocycles. The van der Waals surface area contributed by atoms with Gasteiger partial charge < -0.3 is 25.0 Å². The number of alkyl carbamates (subject to hydrolysis) is 1. The SMILES string of the molecule is COC(=O)CNC(=O)C(c1ccccc1C)N(C(=O)C(Cc1ccccc1)NC(=O)OC(C)(C)C)C(C)CCC(C)C. The van der Waals surface area contributed by atoms with Crippen molar-refractivity contribution in [1.29, 1.82) is 0 Å². The Morgan fingerprint density at radius 1 is 0.905 bits per heavy atom. The molecular weight excluding hydrogens is 534 g/mol. The van der Waals surface area contributed by atoms with Gasteiger partial charge in [-0.3, -0.25) is 14.4 Å². The van der Waals surface area contributed by atoms with Gasteiger partial charge >= 0.3 is 12.1 Å². The van der Waals surface area contributed by atoms with Crippen LogP contribution in [0, 0.1) is 12.8 Å². The zero-order valence-electron chi connectivity index (χ0n) is 26.2. The summed E-state index contributed by atoms with van der Waals surface area (Å²) in [5, 5.41) is 5.44. The molecule has 0 aliphatic carbocycles. The fraction of sp³-hybridized carbons (Fsp3) is 0.515. The van der Waals surface area contributed by atoms with Crippen molar-refractivity contribution in [2.45, 2.75) is 91.5 Å². The monoisotopic (exact) mass is 581 g/mol. The number of methoxy groups -OCH3 is 1. The van der Waals surface area contributed by atoms with E-state index in [1.165, 1.54) is 7.11 Å². The fourth-order valence-corrected chi connectivity index (χ4v) is 4.63. The molecule has 230 valence electrons. The lowest BCUT2D eigenvalue weighted by Gasteiger charge is -2.39. The Balaban J connectivity index is 2.64. The van der Waals surface area contributed by atoms with Gasteiger partial charge in [-0.1, -0.05) is 68.4 Å². The number of amides is 3. The van der Waals surface area contributed by atoms with Gasteiger partial charge in [0.15, 0.2) is 0 Å². The second-order valence-corrected chi connectivity index (χ2v) is 12.0. The number of aryl methyl sites for hydroxylation is 1. The van der Waals surface area contributed by atoms with Gasteiger partial charge in [0.05, 0.1) is 7.11 Å². The number of ether oxygens (including phenoxy) is 2. The van der Waals surface area contributed by atoms with E-state index in [0.29, 0.717) is 17.9 Å². The summed E-state index contributed by atoms with van der Waals surface area (Å²) < 4.78 is 10.2. The van der Waals surface area contributed by atoms with Crippen molar-refractivity contribution < 1.29 is 28.7 Å². The van der Waals surface area contributed by atoms with Crippen LogP contribution in [-0.4, -0.2) is 60.1 Å². The number of hydrogen-bond donors (Lipinski definition) is 2. The molecule has 0 bridgehead atoms. The minimum absolute atomic E-state index is 0.191. The third-order valence-electron chi connectivity index (χ3n) is 6.81. The Labute approximate surface area is 250 Å². The minimum Gasteiger partial charge on any atom is -0.468 e. The molecule has 9 nitrogen and oxygen atoms in total. The predicted molar refractivity (Wildman–Crippen MR) is 163 cm³/mol. The first kappa shape index (κ1) is 34.3. The summed E-state index contributed by atoms with van der Waals surface area (Å²) in [6.07, 6.45) is 0.907. The van der Waals surface area contributed by atoms with Crippen LogP contribution in [0.25, 0.3) is 0 Å². The molecule has 0 saturated carbocycles. The van der Waals surface area contributed by atoms with E-state index < -0.39 is 41.6 Å². The summed E-state index contributed by atoms with van der Waals surface area (Å²) in [4.78, 5) is 55.0. The van der Waals surface area contributed by atoms with Gasteiger partial charge in [-0.05, 0) is 70.1 Å². The normalized spacial score (nSPS) is 13.5. The van der Waals surface area contributed by atoms with Crippen molar-refractivity contribution in [3.05, 3.63) is 71.3 Å². The van der Waals surface area contributed by atoms with Crippen LogP contribution in [0.4, 0.5) is 4.79 Å². The Kier molecular flexibility index (Phi) is 13.0. The second kappa shape index (κ2) is 15.9. The molecule has 2 rings (SSSR count). The van der Waals surface area contributed by atoms with Crippen LogP contribution in [0.5, 0.6) is 0 Å². The highest BCUT2D eigenvalue weighted by atomic mass is 16.6. The summed E-state index contributed by atoms with van der Waals surface area (Å²) in [6.45, 7) is 12.9. The summed E-state index contributed by atoms with van der Waals surface area (Å²) >= 11 is 0. The summed E-state index contributed by atoms with van der Waals surface area (Å²) in [5.74, 6) is -1.18. The Bertz CT molecular complexity index is 1190. The number of rotatable bonds is 13. The largest absolute Gasteiger partial charge is 0.468 e. The molecule has 42 heavy (non-hydrogen) atoms. The quantitative estimate of drug-likeness (QED) is 0.318. The lowest BCUT2D eigenvalue weighted by Crippen LogP contribution is -2.56. The molecule has 3 atom stereocenters. The number of benzene rings is 2.